The topological polar surface area (TPSA) is 60.9 Å². The summed E-state index contributed by atoms with van der Waals surface area (Å²) in [6, 6.07) is 11.5. The molecule has 1 fully saturated rings. The van der Waals surface area contributed by atoms with Crippen molar-refractivity contribution >= 4 is 27.3 Å². The Morgan fingerprint density at radius 2 is 1.64 bits per heavy atom. The lowest BCUT2D eigenvalue weighted by atomic mass is 10.0. The highest BCUT2D eigenvalue weighted by Crippen LogP contribution is 2.30. The molecule has 0 saturated carbocycles. The third kappa shape index (κ3) is 3.27. The molecule has 28 heavy (non-hydrogen) atoms. The first-order valence-corrected chi connectivity index (χ1v) is 10.7. The summed E-state index contributed by atoms with van der Waals surface area (Å²) < 4.78 is 41.6. The van der Waals surface area contributed by atoms with Crippen LogP contribution >= 0.6 is 0 Å². The molecule has 6 nitrogen and oxygen atoms in total. The smallest absolute Gasteiger partial charge is 0.243 e. The molecular formula is C20H22FN3O3S. The van der Waals surface area contributed by atoms with Gasteiger partial charge in [0, 0.05) is 45.3 Å². The number of hydrogen-bond donors (Lipinski definition) is 0. The number of para-hydroxylation sites is 1. The molecule has 0 atom stereocenters. The summed E-state index contributed by atoms with van der Waals surface area (Å²) in [6.45, 7) is 1.46. The number of anilines is 2. The molecule has 2 aromatic carbocycles. The zero-order valence-corrected chi connectivity index (χ0v) is 16.5. The molecule has 0 unspecified atom stereocenters. The molecule has 148 valence electrons. The number of carbonyl (C=O) groups is 1. The molecular weight excluding hydrogens is 381 g/mol. The molecule has 2 aliphatic heterocycles. The number of fused-ring (bicyclic) bond motifs is 1. The quantitative estimate of drug-likeness (QED) is 0.789. The molecule has 2 heterocycles. The van der Waals surface area contributed by atoms with E-state index in [2.05, 4.69) is 0 Å². The molecule has 2 aliphatic rings. The second-order valence-electron chi connectivity index (χ2n) is 7.09. The van der Waals surface area contributed by atoms with Gasteiger partial charge in [0.1, 0.15) is 5.82 Å². The fraction of sp³-hybridized carbons (Fsp3) is 0.350. The molecule has 0 spiro atoms. The average molecular weight is 403 g/mol. The van der Waals surface area contributed by atoms with Gasteiger partial charge in [-0.3, -0.25) is 4.79 Å². The third-order valence-electron chi connectivity index (χ3n) is 5.46. The van der Waals surface area contributed by atoms with E-state index >= 15 is 0 Å². The van der Waals surface area contributed by atoms with Gasteiger partial charge in [-0.15, -0.1) is 0 Å². The van der Waals surface area contributed by atoms with Crippen LogP contribution in [-0.2, 0) is 21.2 Å². The Hall–Kier alpha value is -2.45. The van der Waals surface area contributed by atoms with E-state index < -0.39 is 10.0 Å². The van der Waals surface area contributed by atoms with E-state index in [1.165, 1.54) is 10.4 Å². The van der Waals surface area contributed by atoms with E-state index in [1.54, 1.807) is 48.3 Å². The van der Waals surface area contributed by atoms with Crippen LogP contribution in [0.2, 0.25) is 0 Å². The van der Waals surface area contributed by atoms with Crippen LogP contribution in [-0.4, -0.2) is 51.9 Å². The average Bonchev–Trinajstić information content (AvgIpc) is 2.71. The van der Waals surface area contributed by atoms with Crippen molar-refractivity contribution in [3.63, 3.8) is 0 Å². The van der Waals surface area contributed by atoms with Crippen LogP contribution in [0.25, 0.3) is 0 Å². The van der Waals surface area contributed by atoms with Gasteiger partial charge < -0.3 is 9.80 Å². The van der Waals surface area contributed by atoms with Crippen LogP contribution in [0.15, 0.2) is 47.4 Å². The van der Waals surface area contributed by atoms with Gasteiger partial charge in [0.2, 0.25) is 15.9 Å². The number of sulfonamides is 1. The molecule has 0 aromatic heterocycles. The van der Waals surface area contributed by atoms with E-state index in [-0.39, 0.29) is 16.6 Å². The van der Waals surface area contributed by atoms with Crippen LogP contribution in [0.3, 0.4) is 0 Å². The van der Waals surface area contributed by atoms with E-state index in [0.717, 1.165) is 11.3 Å². The summed E-state index contributed by atoms with van der Waals surface area (Å²) in [5.74, 6) is -0.264. The normalized spacial score (nSPS) is 18.3. The molecule has 4 rings (SSSR count). The van der Waals surface area contributed by atoms with Crippen molar-refractivity contribution in [1.82, 2.24) is 4.31 Å². The lowest BCUT2D eigenvalue weighted by Crippen LogP contribution is -2.49. The summed E-state index contributed by atoms with van der Waals surface area (Å²) in [7, 11) is -1.93. The number of rotatable bonds is 3. The van der Waals surface area contributed by atoms with Gasteiger partial charge in [-0.1, -0.05) is 12.1 Å². The van der Waals surface area contributed by atoms with Crippen LogP contribution < -0.4 is 9.80 Å². The molecule has 1 saturated heterocycles. The Morgan fingerprint density at radius 3 is 2.36 bits per heavy atom. The van der Waals surface area contributed by atoms with Gasteiger partial charge in [-0.05, 0) is 42.3 Å². The number of amides is 1. The van der Waals surface area contributed by atoms with Crippen LogP contribution in [0.5, 0.6) is 0 Å². The van der Waals surface area contributed by atoms with Crippen molar-refractivity contribution in [3.8, 4) is 0 Å². The highest BCUT2D eigenvalue weighted by molar-refractivity contribution is 7.89. The summed E-state index contributed by atoms with van der Waals surface area (Å²) in [5, 5.41) is 0. The number of piperazine rings is 1. The van der Waals surface area contributed by atoms with Crippen molar-refractivity contribution < 1.29 is 17.6 Å². The fourth-order valence-electron chi connectivity index (χ4n) is 3.82. The maximum Gasteiger partial charge on any atom is 0.243 e. The van der Waals surface area contributed by atoms with Gasteiger partial charge in [0.05, 0.1) is 10.6 Å². The first kappa shape index (κ1) is 18.9. The van der Waals surface area contributed by atoms with Gasteiger partial charge >= 0.3 is 0 Å². The molecule has 0 N–H and O–H groups in total. The summed E-state index contributed by atoms with van der Waals surface area (Å²) in [5.41, 5.74) is 2.13. The molecule has 8 heteroatoms. The van der Waals surface area contributed by atoms with E-state index in [9.17, 15) is 17.6 Å². The van der Waals surface area contributed by atoms with Gasteiger partial charge in [-0.25, -0.2) is 12.8 Å². The first-order valence-electron chi connectivity index (χ1n) is 9.27. The number of aryl methyl sites for hydroxylation is 1. The Labute approximate surface area is 164 Å². The molecule has 0 bridgehead atoms. The lowest BCUT2D eigenvalue weighted by molar-refractivity contribution is -0.118. The summed E-state index contributed by atoms with van der Waals surface area (Å²) >= 11 is 0. The van der Waals surface area contributed by atoms with Crippen molar-refractivity contribution in [1.29, 1.82) is 0 Å². The van der Waals surface area contributed by atoms with E-state index in [1.807, 2.05) is 4.90 Å². The Kier molecular flexibility index (Phi) is 4.84. The van der Waals surface area contributed by atoms with Crippen molar-refractivity contribution in [3.05, 3.63) is 53.8 Å². The minimum absolute atomic E-state index is 0.0346. The summed E-state index contributed by atoms with van der Waals surface area (Å²) in [6.07, 6.45) is 0.928. The number of benzene rings is 2. The zero-order chi connectivity index (χ0) is 19.9. The first-order chi connectivity index (χ1) is 13.4. The zero-order valence-electron chi connectivity index (χ0n) is 15.6. The second-order valence-corrected chi connectivity index (χ2v) is 9.02. The minimum atomic E-state index is -3.63. The van der Waals surface area contributed by atoms with Gasteiger partial charge in [0.25, 0.3) is 0 Å². The highest BCUT2D eigenvalue weighted by atomic mass is 32.2. The standard InChI is InChI=1S/C20H22FN3O3S/c1-22-18-8-7-16(14-15(18)6-9-20(22)25)28(26,27)24-12-10-23(11-13-24)19-5-3-2-4-17(19)21/h2-5,7-8,14H,6,9-13H2,1H3. The third-order valence-corrected chi connectivity index (χ3v) is 7.36. The largest absolute Gasteiger partial charge is 0.367 e. The van der Waals surface area contributed by atoms with Gasteiger partial charge in [-0.2, -0.15) is 4.31 Å². The fourth-order valence-corrected chi connectivity index (χ4v) is 5.29. The monoisotopic (exact) mass is 403 g/mol. The van der Waals surface area contributed by atoms with Crippen LogP contribution in [0, 0.1) is 5.82 Å². The highest BCUT2D eigenvalue weighted by Gasteiger charge is 2.31. The van der Waals surface area contributed by atoms with E-state index in [0.29, 0.717) is 44.7 Å². The van der Waals surface area contributed by atoms with Crippen molar-refractivity contribution in [2.75, 3.05) is 43.0 Å². The maximum absolute atomic E-state index is 14.0. The molecule has 1 amide bonds. The predicted molar refractivity (Wildman–Crippen MR) is 106 cm³/mol. The Balaban J connectivity index is 1.52. The van der Waals surface area contributed by atoms with Crippen molar-refractivity contribution in [2.45, 2.75) is 17.7 Å². The lowest BCUT2D eigenvalue weighted by Gasteiger charge is -2.35. The van der Waals surface area contributed by atoms with Crippen LogP contribution in [0.1, 0.15) is 12.0 Å². The number of halogens is 1. The van der Waals surface area contributed by atoms with E-state index in [4.69, 9.17) is 0 Å². The number of hydrogen-bond acceptors (Lipinski definition) is 4. The molecule has 2 aromatic rings. The number of nitrogens with zero attached hydrogens (tertiary/aromatic N) is 3. The summed E-state index contributed by atoms with van der Waals surface area (Å²) in [4.78, 5) is 15.5. The SMILES string of the molecule is CN1C(=O)CCc2cc(S(=O)(=O)N3CCN(c4ccccc4F)CC3)ccc21. The molecule has 0 aliphatic carbocycles. The molecule has 0 radical (unpaired) electrons. The van der Waals surface area contributed by atoms with Crippen molar-refractivity contribution in [2.24, 2.45) is 0 Å². The Bertz CT molecular complexity index is 1020. The minimum Gasteiger partial charge on any atom is -0.367 e. The predicted octanol–water partition coefficient (Wildman–Crippen LogP) is 2.25. The maximum atomic E-state index is 14.0. The van der Waals surface area contributed by atoms with Gasteiger partial charge in [0.15, 0.2) is 0 Å². The number of carbonyl (C=O) groups excluding carboxylic acids is 1. The Morgan fingerprint density at radius 1 is 0.929 bits per heavy atom. The van der Waals surface area contributed by atoms with Crippen LogP contribution in [0.4, 0.5) is 15.8 Å². The second kappa shape index (κ2) is 7.18.